The number of thioether (sulfide) groups is 1. The Kier molecular flexibility index (Phi) is 1.73. The molecule has 0 saturated carbocycles. The Morgan fingerprint density at radius 2 is 2.21 bits per heavy atom. The van der Waals surface area contributed by atoms with Crippen LogP contribution in [0.15, 0.2) is 45.3 Å². The Balaban J connectivity index is 2.13. The quantitative estimate of drug-likeness (QED) is 0.675. The van der Waals surface area contributed by atoms with Crippen LogP contribution in [0, 0.1) is 0 Å². The van der Waals surface area contributed by atoms with Crippen LogP contribution >= 0.6 is 11.8 Å². The van der Waals surface area contributed by atoms with Gasteiger partial charge in [-0.15, -0.1) is 0 Å². The highest BCUT2D eigenvalue weighted by atomic mass is 32.2. The van der Waals surface area contributed by atoms with Crippen molar-refractivity contribution in [1.82, 2.24) is 10.6 Å². The highest BCUT2D eigenvalue weighted by molar-refractivity contribution is 8.04. The van der Waals surface area contributed by atoms with Crippen LogP contribution in [0.5, 0.6) is 0 Å². The van der Waals surface area contributed by atoms with Crippen molar-refractivity contribution in [1.29, 1.82) is 0 Å². The summed E-state index contributed by atoms with van der Waals surface area (Å²) in [6.45, 7) is 0.755. The molecule has 14 heavy (non-hydrogen) atoms. The second kappa shape index (κ2) is 3.06. The van der Waals surface area contributed by atoms with Crippen molar-refractivity contribution >= 4 is 23.3 Å². The van der Waals surface area contributed by atoms with E-state index in [0.29, 0.717) is 0 Å². The first kappa shape index (κ1) is 7.94. The molecule has 70 valence electrons. The third kappa shape index (κ3) is 1.19. The summed E-state index contributed by atoms with van der Waals surface area (Å²) in [5, 5.41) is 6.35. The maximum Gasteiger partial charge on any atom is 0.143 e. The molecule has 0 spiro atoms. The van der Waals surface area contributed by atoms with Crippen LogP contribution in [0.3, 0.4) is 0 Å². The summed E-state index contributed by atoms with van der Waals surface area (Å²) in [5.41, 5.74) is 1.05. The number of amidine groups is 1. The van der Waals surface area contributed by atoms with E-state index in [1.54, 1.807) is 11.8 Å². The summed E-state index contributed by atoms with van der Waals surface area (Å²) < 4.78 is 0. The van der Waals surface area contributed by atoms with E-state index in [1.165, 1.54) is 4.90 Å². The van der Waals surface area contributed by atoms with Gasteiger partial charge in [0.15, 0.2) is 0 Å². The summed E-state index contributed by atoms with van der Waals surface area (Å²) in [4.78, 5) is 6.92. The topological polar surface area (TPSA) is 36.4 Å². The molecule has 0 bridgehead atoms. The fourth-order valence-electron chi connectivity index (χ4n) is 1.48. The van der Waals surface area contributed by atoms with Gasteiger partial charge < -0.3 is 10.6 Å². The predicted octanol–water partition coefficient (Wildman–Crippen LogP) is 1.81. The predicted molar refractivity (Wildman–Crippen MR) is 58.6 cm³/mol. The third-order valence-corrected chi connectivity index (χ3v) is 3.24. The Hall–Kier alpha value is -1.42. The van der Waals surface area contributed by atoms with Crippen LogP contribution in [-0.4, -0.2) is 12.5 Å². The van der Waals surface area contributed by atoms with Gasteiger partial charge in [-0.25, -0.2) is 4.99 Å². The number of nitrogens with zero attached hydrogens (tertiary/aromatic N) is 1. The van der Waals surface area contributed by atoms with Crippen molar-refractivity contribution in [2.75, 3.05) is 6.67 Å². The van der Waals surface area contributed by atoms with Crippen LogP contribution in [0.25, 0.3) is 0 Å². The first-order valence-electron chi connectivity index (χ1n) is 4.47. The minimum atomic E-state index is 0.755. The normalized spacial score (nSPS) is 18.0. The molecule has 0 radical (unpaired) electrons. The number of rotatable bonds is 0. The largest absolute Gasteiger partial charge is 0.373 e. The summed E-state index contributed by atoms with van der Waals surface area (Å²) >= 11 is 1.75. The summed E-state index contributed by atoms with van der Waals surface area (Å²) in [6, 6.07) is 8.18. The fourth-order valence-corrected chi connectivity index (χ4v) is 2.44. The van der Waals surface area contributed by atoms with Crippen molar-refractivity contribution in [3.8, 4) is 0 Å². The number of hydrogen-bond donors (Lipinski definition) is 2. The Morgan fingerprint density at radius 1 is 1.29 bits per heavy atom. The van der Waals surface area contributed by atoms with Gasteiger partial charge in [-0.1, -0.05) is 23.9 Å². The van der Waals surface area contributed by atoms with Gasteiger partial charge >= 0.3 is 0 Å². The Bertz CT molecular complexity index is 437. The molecule has 0 saturated heterocycles. The second-order valence-corrected chi connectivity index (χ2v) is 4.18. The zero-order valence-electron chi connectivity index (χ0n) is 7.45. The first-order chi connectivity index (χ1) is 6.93. The molecule has 2 aliphatic rings. The molecule has 0 aliphatic carbocycles. The summed E-state index contributed by atoms with van der Waals surface area (Å²) in [7, 11) is 0. The summed E-state index contributed by atoms with van der Waals surface area (Å²) in [6.07, 6.45) is 2.01. The highest BCUT2D eigenvalue weighted by Crippen LogP contribution is 2.39. The molecular formula is C10H9N3S. The van der Waals surface area contributed by atoms with E-state index in [0.717, 1.165) is 23.1 Å². The van der Waals surface area contributed by atoms with E-state index in [9.17, 15) is 0 Å². The van der Waals surface area contributed by atoms with E-state index in [4.69, 9.17) is 0 Å². The van der Waals surface area contributed by atoms with Gasteiger partial charge in [0.2, 0.25) is 0 Å². The molecule has 1 aromatic carbocycles. The molecule has 1 aromatic rings. The number of aliphatic imine (C=N–C) groups is 1. The van der Waals surface area contributed by atoms with E-state index in [1.807, 2.05) is 24.4 Å². The standard InChI is InChI=1S/C10H9N3S/c1-2-4-8-7(3-1)13-10-9(14-8)5-11-6-12-10/h1-5,11H,6H2,(H,12,13). The molecule has 0 aromatic heterocycles. The molecule has 0 unspecified atom stereocenters. The minimum absolute atomic E-state index is 0.755. The maximum atomic E-state index is 4.54. The van der Waals surface area contributed by atoms with Crippen LogP contribution in [-0.2, 0) is 0 Å². The van der Waals surface area contributed by atoms with Gasteiger partial charge in [0.05, 0.1) is 17.3 Å². The van der Waals surface area contributed by atoms with Crippen LogP contribution in [0.2, 0.25) is 0 Å². The van der Waals surface area contributed by atoms with Gasteiger partial charge in [0.25, 0.3) is 0 Å². The number of para-hydroxylation sites is 1. The Labute approximate surface area is 86.3 Å². The van der Waals surface area contributed by atoms with Gasteiger partial charge in [0, 0.05) is 11.1 Å². The molecular weight excluding hydrogens is 194 g/mol. The zero-order valence-corrected chi connectivity index (χ0v) is 8.27. The molecule has 2 N–H and O–H groups in total. The molecule has 2 aliphatic heterocycles. The average molecular weight is 203 g/mol. The van der Waals surface area contributed by atoms with Crippen molar-refractivity contribution in [3.63, 3.8) is 0 Å². The van der Waals surface area contributed by atoms with Gasteiger partial charge in [-0.05, 0) is 12.1 Å². The van der Waals surface area contributed by atoms with E-state index >= 15 is 0 Å². The molecule has 0 fully saturated rings. The average Bonchev–Trinajstić information content (AvgIpc) is 2.26. The second-order valence-electron chi connectivity index (χ2n) is 3.10. The van der Waals surface area contributed by atoms with Gasteiger partial charge in [0.1, 0.15) is 5.84 Å². The first-order valence-corrected chi connectivity index (χ1v) is 5.28. The van der Waals surface area contributed by atoms with E-state index in [2.05, 4.69) is 21.7 Å². The molecule has 3 rings (SSSR count). The van der Waals surface area contributed by atoms with Crippen LogP contribution in [0.4, 0.5) is 5.69 Å². The molecule has 0 amide bonds. The number of benzene rings is 1. The number of hydrogen-bond acceptors (Lipinski definition) is 4. The zero-order chi connectivity index (χ0) is 9.38. The molecule has 2 heterocycles. The fraction of sp³-hybridized carbons (Fsp3) is 0.100. The molecule has 0 atom stereocenters. The molecule has 3 nitrogen and oxygen atoms in total. The lowest BCUT2D eigenvalue weighted by Crippen LogP contribution is -2.37. The smallest absolute Gasteiger partial charge is 0.143 e. The summed E-state index contributed by atoms with van der Waals surface area (Å²) in [5.74, 6) is 0.979. The van der Waals surface area contributed by atoms with Crippen LogP contribution < -0.4 is 10.6 Å². The van der Waals surface area contributed by atoms with Gasteiger partial charge in [-0.3, -0.25) is 0 Å². The van der Waals surface area contributed by atoms with E-state index < -0.39 is 0 Å². The number of fused-ring (bicyclic) bond motifs is 2. The number of nitrogens with one attached hydrogen (secondary N) is 2. The lowest BCUT2D eigenvalue weighted by molar-refractivity contribution is 0.780. The van der Waals surface area contributed by atoms with Crippen molar-refractivity contribution in [2.45, 2.75) is 4.90 Å². The Morgan fingerprint density at radius 3 is 3.21 bits per heavy atom. The third-order valence-electron chi connectivity index (χ3n) is 2.14. The van der Waals surface area contributed by atoms with Gasteiger partial charge in [-0.2, -0.15) is 0 Å². The SMILES string of the molecule is C1=C2Sc3ccccc3N=C2NCN1. The lowest BCUT2D eigenvalue weighted by Gasteiger charge is -2.22. The maximum absolute atomic E-state index is 4.54. The highest BCUT2D eigenvalue weighted by Gasteiger charge is 2.18. The van der Waals surface area contributed by atoms with E-state index in [-0.39, 0.29) is 0 Å². The van der Waals surface area contributed by atoms with Crippen molar-refractivity contribution in [2.24, 2.45) is 4.99 Å². The molecule has 4 heteroatoms. The van der Waals surface area contributed by atoms with Crippen molar-refractivity contribution in [3.05, 3.63) is 35.4 Å². The lowest BCUT2D eigenvalue weighted by atomic mass is 10.3. The monoisotopic (exact) mass is 203 g/mol. The van der Waals surface area contributed by atoms with Crippen LogP contribution in [0.1, 0.15) is 0 Å². The van der Waals surface area contributed by atoms with Crippen molar-refractivity contribution < 1.29 is 0 Å². The minimum Gasteiger partial charge on any atom is -0.373 e.